The maximum atomic E-state index is 11.2. The molecule has 0 aliphatic carbocycles. The molecular formula is C10H14N2O4S. The van der Waals surface area contributed by atoms with Gasteiger partial charge in [-0.25, -0.2) is 8.42 Å². The first-order chi connectivity index (χ1) is 7.94. The predicted molar refractivity (Wildman–Crippen MR) is 65.9 cm³/mol. The quantitative estimate of drug-likeness (QED) is 0.616. The summed E-state index contributed by atoms with van der Waals surface area (Å²) in [5.74, 6) is 0.121. The number of rotatable bonds is 6. The van der Waals surface area contributed by atoms with Gasteiger partial charge in [0.1, 0.15) is 0 Å². The van der Waals surface area contributed by atoms with Crippen molar-refractivity contribution in [2.45, 2.75) is 6.92 Å². The number of non-ortho nitro benzene ring substituents is 1. The Morgan fingerprint density at radius 1 is 1.41 bits per heavy atom. The topological polar surface area (TPSA) is 89.3 Å². The summed E-state index contributed by atoms with van der Waals surface area (Å²) < 4.78 is 22.4. The number of nitro groups is 1. The monoisotopic (exact) mass is 258 g/mol. The summed E-state index contributed by atoms with van der Waals surface area (Å²) in [4.78, 5) is 10.0. The molecule has 0 saturated heterocycles. The van der Waals surface area contributed by atoms with Crippen LogP contribution in [0.25, 0.3) is 0 Å². The van der Waals surface area contributed by atoms with E-state index in [0.29, 0.717) is 5.69 Å². The summed E-state index contributed by atoms with van der Waals surface area (Å²) in [6.45, 7) is 1.83. The summed E-state index contributed by atoms with van der Waals surface area (Å²) in [5.41, 5.74) is 0.527. The van der Waals surface area contributed by atoms with E-state index in [1.807, 2.05) is 0 Å². The van der Waals surface area contributed by atoms with Crippen LogP contribution in [0.3, 0.4) is 0 Å². The van der Waals surface area contributed by atoms with E-state index in [2.05, 4.69) is 5.32 Å². The lowest BCUT2D eigenvalue weighted by Crippen LogP contribution is -2.17. The molecular weight excluding hydrogens is 244 g/mol. The van der Waals surface area contributed by atoms with Gasteiger partial charge in [0.05, 0.1) is 10.7 Å². The van der Waals surface area contributed by atoms with E-state index < -0.39 is 14.8 Å². The maximum Gasteiger partial charge on any atom is 0.271 e. The van der Waals surface area contributed by atoms with Crippen molar-refractivity contribution in [3.8, 4) is 0 Å². The number of nitrogens with zero attached hydrogens (tertiary/aromatic N) is 1. The SMILES string of the molecule is CCS(=O)(=O)CCNc1cccc([N+](=O)[O-])c1. The molecule has 0 aliphatic heterocycles. The van der Waals surface area contributed by atoms with Crippen LogP contribution in [0.4, 0.5) is 11.4 Å². The van der Waals surface area contributed by atoms with Crippen molar-refractivity contribution < 1.29 is 13.3 Å². The van der Waals surface area contributed by atoms with Gasteiger partial charge in [-0.15, -0.1) is 0 Å². The highest BCUT2D eigenvalue weighted by Gasteiger charge is 2.08. The van der Waals surface area contributed by atoms with Crippen molar-refractivity contribution in [2.75, 3.05) is 23.4 Å². The third-order valence-corrected chi connectivity index (χ3v) is 3.94. The number of benzene rings is 1. The highest BCUT2D eigenvalue weighted by atomic mass is 32.2. The molecule has 0 aliphatic rings. The second kappa shape index (κ2) is 5.62. The third-order valence-electron chi connectivity index (χ3n) is 2.24. The lowest BCUT2D eigenvalue weighted by atomic mass is 10.3. The highest BCUT2D eigenvalue weighted by molar-refractivity contribution is 7.91. The van der Waals surface area contributed by atoms with E-state index >= 15 is 0 Å². The van der Waals surface area contributed by atoms with E-state index in [-0.39, 0.29) is 23.7 Å². The first kappa shape index (κ1) is 13.4. The molecule has 0 fully saturated rings. The van der Waals surface area contributed by atoms with E-state index in [1.54, 1.807) is 19.1 Å². The number of nitrogens with one attached hydrogen (secondary N) is 1. The van der Waals surface area contributed by atoms with Gasteiger partial charge in [0, 0.05) is 30.1 Å². The van der Waals surface area contributed by atoms with Gasteiger partial charge in [-0.2, -0.15) is 0 Å². The number of anilines is 1. The number of nitro benzene ring substituents is 1. The van der Waals surface area contributed by atoms with Crippen molar-refractivity contribution in [2.24, 2.45) is 0 Å². The number of sulfone groups is 1. The standard InChI is InChI=1S/C10H14N2O4S/c1-2-17(15,16)7-6-11-9-4-3-5-10(8-9)12(13)14/h3-5,8,11H,2,6-7H2,1H3. The number of hydrogen-bond donors (Lipinski definition) is 1. The fraction of sp³-hybridized carbons (Fsp3) is 0.400. The number of hydrogen-bond acceptors (Lipinski definition) is 5. The zero-order valence-corrected chi connectivity index (χ0v) is 10.2. The molecule has 0 heterocycles. The van der Waals surface area contributed by atoms with Gasteiger partial charge in [-0.1, -0.05) is 13.0 Å². The molecule has 7 heteroatoms. The van der Waals surface area contributed by atoms with Gasteiger partial charge in [0.15, 0.2) is 9.84 Å². The molecule has 6 nitrogen and oxygen atoms in total. The fourth-order valence-electron chi connectivity index (χ4n) is 1.22. The Labute approximate surface area is 99.7 Å². The summed E-state index contributed by atoms with van der Waals surface area (Å²) in [5, 5.41) is 13.4. The molecule has 0 amide bonds. The molecule has 0 spiro atoms. The minimum absolute atomic E-state index is 0.0200. The van der Waals surface area contributed by atoms with Crippen molar-refractivity contribution in [1.29, 1.82) is 0 Å². The average molecular weight is 258 g/mol. The summed E-state index contributed by atoms with van der Waals surface area (Å²) in [6, 6.07) is 5.97. The lowest BCUT2D eigenvalue weighted by Gasteiger charge is -2.05. The molecule has 0 unspecified atom stereocenters. The minimum Gasteiger partial charge on any atom is -0.384 e. The molecule has 1 rings (SSSR count). The molecule has 0 radical (unpaired) electrons. The molecule has 1 aromatic carbocycles. The van der Waals surface area contributed by atoms with E-state index in [9.17, 15) is 18.5 Å². The van der Waals surface area contributed by atoms with Crippen LogP contribution in [0.1, 0.15) is 6.92 Å². The average Bonchev–Trinajstić information content (AvgIpc) is 2.29. The van der Waals surface area contributed by atoms with Crippen LogP contribution in [0.15, 0.2) is 24.3 Å². The first-order valence-electron chi connectivity index (χ1n) is 5.13. The summed E-state index contributed by atoms with van der Waals surface area (Å²) in [7, 11) is -3.01. The smallest absolute Gasteiger partial charge is 0.271 e. The summed E-state index contributed by atoms with van der Waals surface area (Å²) >= 11 is 0. The lowest BCUT2D eigenvalue weighted by molar-refractivity contribution is -0.384. The Morgan fingerprint density at radius 2 is 2.12 bits per heavy atom. The minimum atomic E-state index is -3.01. The van der Waals surface area contributed by atoms with Crippen LogP contribution >= 0.6 is 0 Å². The van der Waals surface area contributed by atoms with Crippen molar-refractivity contribution in [3.63, 3.8) is 0 Å². The molecule has 1 N–H and O–H groups in total. The van der Waals surface area contributed by atoms with Crippen LogP contribution in [-0.4, -0.2) is 31.4 Å². The van der Waals surface area contributed by atoms with Crippen molar-refractivity contribution in [1.82, 2.24) is 0 Å². The largest absolute Gasteiger partial charge is 0.384 e. The van der Waals surface area contributed by atoms with Gasteiger partial charge in [-0.3, -0.25) is 10.1 Å². The van der Waals surface area contributed by atoms with Crippen LogP contribution in [-0.2, 0) is 9.84 Å². The molecule has 1 aromatic rings. The Balaban J connectivity index is 2.58. The Kier molecular flexibility index (Phi) is 4.45. The van der Waals surface area contributed by atoms with Gasteiger partial charge in [0.2, 0.25) is 0 Å². The Hall–Kier alpha value is -1.63. The third kappa shape index (κ3) is 4.39. The van der Waals surface area contributed by atoms with Gasteiger partial charge < -0.3 is 5.32 Å². The molecule has 0 saturated carbocycles. The van der Waals surface area contributed by atoms with Crippen LogP contribution in [0.2, 0.25) is 0 Å². The predicted octanol–water partition coefficient (Wildman–Crippen LogP) is 1.44. The van der Waals surface area contributed by atoms with Gasteiger partial charge >= 0.3 is 0 Å². The Bertz CT molecular complexity index is 499. The molecule has 0 bridgehead atoms. The second-order valence-electron chi connectivity index (χ2n) is 3.47. The molecule has 94 valence electrons. The van der Waals surface area contributed by atoms with Crippen LogP contribution in [0.5, 0.6) is 0 Å². The first-order valence-corrected chi connectivity index (χ1v) is 6.95. The molecule has 0 atom stereocenters. The summed E-state index contributed by atoms with van der Waals surface area (Å²) in [6.07, 6.45) is 0. The van der Waals surface area contributed by atoms with Crippen molar-refractivity contribution in [3.05, 3.63) is 34.4 Å². The highest BCUT2D eigenvalue weighted by Crippen LogP contribution is 2.16. The van der Waals surface area contributed by atoms with Crippen LogP contribution < -0.4 is 5.32 Å². The maximum absolute atomic E-state index is 11.2. The fourth-order valence-corrected chi connectivity index (χ4v) is 1.93. The van der Waals surface area contributed by atoms with Crippen LogP contribution in [0, 0.1) is 10.1 Å². The molecule has 0 aromatic heterocycles. The van der Waals surface area contributed by atoms with Gasteiger partial charge in [-0.05, 0) is 6.07 Å². The molecule has 17 heavy (non-hydrogen) atoms. The van der Waals surface area contributed by atoms with E-state index in [1.165, 1.54) is 12.1 Å². The zero-order chi connectivity index (χ0) is 12.9. The van der Waals surface area contributed by atoms with Gasteiger partial charge in [0.25, 0.3) is 5.69 Å². The zero-order valence-electron chi connectivity index (χ0n) is 9.42. The Morgan fingerprint density at radius 3 is 2.71 bits per heavy atom. The normalized spacial score (nSPS) is 11.1. The second-order valence-corrected chi connectivity index (χ2v) is 5.94. The van der Waals surface area contributed by atoms with E-state index in [0.717, 1.165) is 0 Å². The van der Waals surface area contributed by atoms with E-state index in [4.69, 9.17) is 0 Å². The van der Waals surface area contributed by atoms with Crippen molar-refractivity contribution >= 4 is 21.2 Å².